The van der Waals surface area contributed by atoms with Gasteiger partial charge in [0.25, 0.3) is 0 Å². The molecule has 4 nitrogen and oxygen atoms in total. The van der Waals surface area contributed by atoms with Crippen molar-refractivity contribution in [3.8, 4) is 0 Å². The second kappa shape index (κ2) is 5.83. The fourth-order valence-electron chi connectivity index (χ4n) is 2.28. The van der Waals surface area contributed by atoms with Gasteiger partial charge in [-0.25, -0.2) is 0 Å². The Bertz CT molecular complexity index is 253. The molecule has 4 heteroatoms. The monoisotopic (exact) mass is 242 g/mol. The maximum atomic E-state index is 11.7. The largest absolute Gasteiger partial charge is 0.364 e. The van der Waals surface area contributed by atoms with Crippen LogP contribution in [0.2, 0.25) is 0 Å². The normalized spacial score (nSPS) is 20.0. The molecule has 0 aromatic rings. The number of nitrogens with two attached hydrogens (primary N) is 1. The third-order valence-corrected chi connectivity index (χ3v) is 3.16. The smallest absolute Gasteiger partial charge is 0.246 e. The van der Waals surface area contributed by atoms with E-state index in [1.165, 1.54) is 6.42 Å². The van der Waals surface area contributed by atoms with Gasteiger partial charge in [-0.2, -0.15) is 0 Å². The van der Waals surface area contributed by atoms with Crippen LogP contribution in [-0.4, -0.2) is 30.2 Å². The highest BCUT2D eigenvalue weighted by molar-refractivity contribution is 5.77. The van der Waals surface area contributed by atoms with E-state index >= 15 is 0 Å². The van der Waals surface area contributed by atoms with Gasteiger partial charge in [-0.1, -0.05) is 19.3 Å². The van der Waals surface area contributed by atoms with Crippen molar-refractivity contribution in [1.82, 2.24) is 5.32 Å². The van der Waals surface area contributed by atoms with Crippen molar-refractivity contribution in [3.63, 3.8) is 0 Å². The van der Waals surface area contributed by atoms with Gasteiger partial charge in [-0.3, -0.25) is 4.79 Å². The van der Waals surface area contributed by atoms with E-state index in [9.17, 15) is 4.79 Å². The van der Waals surface area contributed by atoms with Crippen molar-refractivity contribution in [2.45, 2.75) is 64.0 Å². The van der Waals surface area contributed by atoms with Crippen LogP contribution < -0.4 is 11.1 Å². The predicted octanol–water partition coefficient (Wildman–Crippen LogP) is 1.58. The fourth-order valence-corrected chi connectivity index (χ4v) is 2.28. The van der Waals surface area contributed by atoms with E-state index in [0.29, 0.717) is 6.54 Å². The first-order valence-electron chi connectivity index (χ1n) is 6.52. The minimum absolute atomic E-state index is 0.0594. The highest BCUT2D eigenvalue weighted by atomic mass is 16.5. The summed E-state index contributed by atoms with van der Waals surface area (Å²) in [5.74, 6) is -0.0594. The lowest BCUT2D eigenvalue weighted by Gasteiger charge is -2.36. The van der Waals surface area contributed by atoms with E-state index in [2.05, 4.69) is 5.32 Å². The lowest BCUT2D eigenvalue weighted by atomic mass is 9.85. The number of rotatable bonds is 4. The van der Waals surface area contributed by atoms with E-state index < -0.39 is 0 Å². The SMILES string of the molecule is CC(C)(C)NC(=O)COC1(CN)CCCCC1. The van der Waals surface area contributed by atoms with Crippen LogP contribution in [0.5, 0.6) is 0 Å². The van der Waals surface area contributed by atoms with Gasteiger partial charge in [0.2, 0.25) is 5.91 Å². The van der Waals surface area contributed by atoms with Crippen LogP contribution in [0.1, 0.15) is 52.9 Å². The van der Waals surface area contributed by atoms with Crippen molar-refractivity contribution in [1.29, 1.82) is 0 Å². The zero-order chi connectivity index (χ0) is 12.9. The molecule has 0 atom stereocenters. The van der Waals surface area contributed by atoms with Gasteiger partial charge in [0.05, 0.1) is 5.60 Å². The minimum atomic E-state index is -0.256. The van der Waals surface area contributed by atoms with Crippen molar-refractivity contribution >= 4 is 5.91 Å². The topological polar surface area (TPSA) is 64.3 Å². The second-order valence-corrected chi connectivity index (χ2v) is 6.03. The highest BCUT2D eigenvalue weighted by Gasteiger charge is 2.32. The molecule has 100 valence electrons. The zero-order valence-corrected chi connectivity index (χ0v) is 11.3. The average Bonchev–Trinajstić information content (AvgIpc) is 2.25. The standard InChI is InChI=1S/C13H26N2O2/c1-12(2,3)15-11(16)9-17-13(10-14)7-5-4-6-8-13/h4-10,14H2,1-3H3,(H,15,16). The molecule has 1 aliphatic rings. The van der Waals surface area contributed by atoms with E-state index in [4.69, 9.17) is 10.5 Å². The van der Waals surface area contributed by atoms with Gasteiger partial charge in [0.1, 0.15) is 6.61 Å². The Kier molecular flexibility index (Phi) is 4.95. The van der Waals surface area contributed by atoms with Crippen molar-refractivity contribution in [2.24, 2.45) is 5.73 Å². The lowest BCUT2D eigenvalue weighted by Crippen LogP contribution is -2.47. The summed E-state index contributed by atoms with van der Waals surface area (Å²) in [6, 6.07) is 0. The van der Waals surface area contributed by atoms with Gasteiger partial charge < -0.3 is 15.8 Å². The maximum absolute atomic E-state index is 11.7. The highest BCUT2D eigenvalue weighted by Crippen LogP contribution is 2.30. The molecule has 0 unspecified atom stereocenters. The predicted molar refractivity (Wildman–Crippen MR) is 68.7 cm³/mol. The van der Waals surface area contributed by atoms with Gasteiger partial charge >= 0.3 is 0 Å². The molecule has 1 fully saturated rings. The lowest BCUT2D eigenvalue weighted by molar-refractivity contribution is -0.136. The zero-order valence-electron chi connectivity index (χ0n) is 11.3. The number of nitrogens with one attached hydrogen (secondary N) is 1. The summed E-state index contributed by atoms with van der Waals surface area (Å²) < 4.78 is 5.79. The van der Waals surface area contributed by atoms with Crippen LogP contribution in [0.25, 0.3) is 0 Å². The summed E-state index contributed by atoms with van der Waals surface area (Å²) >= 11 is 0. The first-order valence-corrected chi connectivity index (χ1v) is 6.52. The third-order valence-electron chi connectivity index (χ3n) is 3.16. The molecule has 17 heavy (non-hydrogen) atoms. The van der Waals surface area contributed by atoms with Crippen LogP contribution in [-0.2, 0) is 9.53 Å². The number of ether oxygens (including phenoxy) is 1. The summed E-state index contributed by atoms with van der Waals surface area (Å²) in [5, 5.41) is 2.90. The molecule has 0 radical (unpaired) electrons. The number of carbonyl (C=O) groups excluding carboxylic acids is 1. The van der Waals surface area contributed by atoms with E-state index in [1.807, 2.05) is 20.8 Å². The first-order chi connectivity index (χ1) is 7.87. The third kappa shape index (κ3) is 5.04. The summed E-state index contributed by atoms with van der Waals surface area (Å²) in [4.78, 5) is 11.7. The second-order valence-electron chi connectivity index (χ2n) is 6.03. The summed E-state index contributed by atoms with van der Waals surface area (Å²) in [7, 11) is 0. The van der Waals surface area contributed by atoms with Crippen LogP contribution >= 0.6 is 0 Å². The molecule has 1 amide bonds. The van der Waals surface area contributed by atoms with Gasteiger partial charge in [0.15, 0.2) is 0 Å². The van der Waals surface area contributed by atoms with Crippen LogP contribution in [0, 0.1) is 0 Å². The first kappa shape index (κ1) is 14.5. The van der Waals surface area contributed by atoms with E-state index in [-0.39, 0.29) is 23.7 Å². The van der Waals surface area contributed by atoms with Crippen molar-refractivity contribution in [3.05, 3.63) is 0 Å². The molecule has 3 N–H and O–H groups in total. The van der Waals surface area contributed by atoms with Crippen molar-refractivity contribution < 1.29 is 9.53 Å². The van der Waals surface area contributed by atoms with E-state index in [0.717, 1.165) is 25.7 Å². The Morgan fingerprint density at radius 3 is 2.35 bits per heavy atom. The molecule has 0 bridgehead atoms. The Balaban J connectivity index is 2.39. The average molecular weight is 242 g/mol. The quantitative estimate of drug-likeness (QED) is 0.786. The Morgan fingerprint density at radius 2 is 1.88 bits per heavy atom. The molecular formula is C13H26N2O2. The Labute approximate surface area is 104 Å². The summed E-state index contributed by atoms with van der Waals surface area (Å²) in [6.45, 7) is 6.52. The van der Waals surface area contributed by atoms with Gasteiger partial charge in [-0.15, -0.1) is 0 Å². The molecule has 0 saturated heterocycles. The molecule has 0 heterocycles. The van der Waals surface area contributed by atoms with Crippen LogP contribution in [0.15, 0.2) is 0 Å². The molecule has 1 rings (SSSR count). The van der Waals surface area contributed by atoms with Crippen LogP contribution in [0.4, 0.5) is 0 Å². The molecule has 0 aliphatic heterocycles. The maximum Gasteiger partial charge on any atom is 0.246 e. The number of hydrogen-bond donors (Lipinski definition) is 2. The minimum Gasteiger partial charge on any atom is -0.364 e. The van der Waals surface area contributed by atoms with Gasteiger partial charge in [0, 0.05) is 12.1 Å². The molecule has 0 aromatic carbocycles. The van der Waals surface area contributed by atoms with Crippen molar-refractivity contribution in [2.75, 3.05) is 13.2 Å². The Morgan fingerprint density at radius 1 is 1.29 bits per heavy atom. The molecule has 1 saturated carbocycles. The number of hydrogen-bond acceptors (Lipinski definition) is 3. The molecule has 0 spiro atoms. The fraction of sp³-hybridized carbons (Fsp3) is 0.923. The van der Waals surface area contributed by atoms with Gasteiger partial charge in [-0.05, 0) is 33.6 Å². The van der Waals surface area contributed by atoms with Crippen LogP contribution in [0.3, 0.4) is 0 Å². The molecule has 1 aliphatic carbocycles. The molecule has 0 aromatic heterocycles. The Hall–Kier alpha value is -0.610. The van der Waals surface area contributed by atoms with E-state index in [1.54, 1.807) is 0 Å². The summed E-state index contributed by atoms with van der Waals surface area (Å²) in [6.07, 6.45) is 5.51. The summed E-state index contributed by atoms with van der Waals surface area (Å²) in [5.41, 5.74) is 5.33. The number of amides is 1. The number of carbonyl (C=O) groups is 1. The molecular weight excluding hydrogens is 216 g/mol.